The molecule has 11 nitrogen and oxygen atoms in total. The minimum atomic E-state index is -4.63. The number of ether oxygens (including phenoxy) is 2. The van der Waals surface area contributed by atoms with E-state index in [-0.39, 0.29) is 19.4 Å². The molecule has 286 valence electrons. The van der Waals surface area contributed by atoms with Gasteiger partial charge in [0, 0.05) is 12.8 Å². The zero-order valence-electron chi connectivity index (χ0n) is 30.4. The number of hydrogen-bond donors (Lipinski definition) is 4. The zero-order valence-corrected chi connectivity index (χ0v) is 31.3. The normalized spacial score (nSPS) is 15.8. The Morgan fingerprint density at radius 2 is 1.33 bits per heavy atom. The third-order valence-corrected chi connectivity index (χ3v) is 8.90. The number of rotatable bonds is 33. The largest absolute Gasteiger partial charge is 0.472 e. The molecular formula is C37H67O11P. The lowest BCUT2D eigenvalue weighted by Crippen LogP contribution is -2.29. The van der Waals surface area contributed by atoms with E-state index in [9.17, 15) is 29.3 Å². The molecule has 12 heteroatoms. The molecule has 4 N–H and O–H groups in total. The van der Waals surface area contributed by atoms with Crippen LogP contribution < -0.4 is 0 Å². The lowest BCUT2D eigenvalue weighted by molar-refractivity contribution is -0.161. The monoisotopic (exact) mass is 718 g/mol. The summed E-state index contributed by atoms with van der Waals surface area (Å²) in [6.45, 7) is 4.36. The molecule has 0 fully saturated rings. The summed E-state index contributed by atoms with van der Waals surface area (Å²) in [5.74, 6) is -0.254. The van der Waals surface area contributed by atoms with Gasteiger partial charge in [0.15, 0.2) is 6.10 Å². The summed E-state index contributed by atoms with van der Waals surface area (Å²) in [6, 6.07) is 0. The number of aliphatic hydroxyl groups is 3. The maximum Gasteiger partial charge on any atom is 0.472 e. The Balaban J connectivity index is 4.48. The molecule has 0 bridgehead atoms. The van der Waals surface area contributed by atoms with Crippen molar-refractivity contribution in [1.82, 2.24) is 0 Å². The Bertz CT molecular complexity index is 953. The molecule has 0 aromatic rings. The van der Waals surface area contributed by atoms with Crippen LogP contribution in [0.3, 0.4) is 0 Å². The van der Waals surface area contributed by atoms with E-state index in [4.69, 9.17) is 19.1 Å². The van der Waals surface area contributed by atoms with Crippen LogP contribution in [0.1, 0.15) is 136 Å². The Hall–Kier alpha value is -1.85. The molecule has 0 amide bonds. The van der Waals surface area contributed by atoms with Gasteiger partial charge in [-0.25, -0.2) is 4.57 Å². The van der Waals surface area contributed by atoms with Crippen molar-refractivity contribution >= 4 is 19.8 Å². The van der Waals surface area contributed by atoms with E-state index < -0.39 is 57.9 Å². The quantitative estimate of drug-likeness (QED) is 0.0173. The average Bonchev–Trinajstić information content (AvgIpc) is 3.08. The summed E-state index contributed by atoms with van der Waals surface area (Å²) in [5, 5.41) is 28.3. The molecule has 0 rings (SSSR count). The number of carbonyl (C=O) groups excluding carboxylic acids is 2. The van der Waals surface area contributed by atoms with Gasteiger partial charge < -0.3 is 29.7 Å². The Kier molecular flexibility index (Phi) is 30.9. The van der Waals surface area contributed by atoms with Gasteiger partial charge in [-0.3, -0.25) is 18.6 Å². The molecule has 0 spiro atoms. The maximum absolute atomic E-state index is 12.5. The van der Waals surface area contributed by atoms with Gasteiger partial charge in [-0.05, 0) is 38.0 Å². The molecule has 0 aromatic carbocycles. The van der Waals surface area contributed by atoms with Gasteiger partial charge >= 0.3 is 19.8 Å². The van der Waals surface area contributed by atoms with Crippen LogP contribution in [0.4, 0.5) is 0 Å². The number of allylic oxidation sites excluding steroid dienone is 5. The Labute approximate surface area is 295 Å². The van der Waals surface area contributed by atoms with E-state index in [0.29, 0.717) is 19.3 Å². The van der Waals surface area contributed by atoms with E-state index >= 15 is 0 Å². The van der Waals surface area contributed by atoms with Crippen molar-refractivity contribution in [3.05, 3.63) is 36.5 Å². The smallest absolute Gasteiger partial charge is 0.462 e. The van der Waals surface area contributed by atoms with Crippen LogP contribution in [-0.4, -0.2) is 76.9 Å². The summed E-state index contributed by atoms with van der Waals surface area (Å²) in [7, 11) is -4.63. The molecule has 0 aliphatic rings. The number of hydrogen-bond acceptors (Lipinski definition) is 10. The highest BCUT2D eigenvalue weighted by molar-refractivity contribution is 7.47. The first kappa shape index (κ1) is 47.1. The topological polar surface area (TPSA) is 169 Å². The van der Waals surface area contributed by atoms with Crippen molar-refractivity contribution in [2.24, 2.45) is 5.92 Å². The summed E-state index contributed by atoms with van der Waals surface area (Å²) in [4.78, 5) is 34.8. The summed E-state index contributed by atoms with van der Waals surface area (Å²) in [5.41, 5.74) is 0. The molecule has 0 saturated heterocycles. The number of carbonyl (C=O) groups is 2. The highest BCUT2D eigenvalue weighted by Crippen LogP contribution is 2.43. The first-order chi connectivity index (χ1) is 23.5. The van der Waals surface area contributed by atoms with Crippen molar-refractivity contribution < 1.29 is 52.9 Å². The number of phosphoric acid groups is 1. The van der Waals surface area contributed by atoms with Crippen molar-refractivity contribution in [2.45, 2.75) is 155 Å². The fourth-order valence-corrected chi connectivity index (χ4v) is 5.47. The van der Waals surface area contributed by atoms with E-state index in [2.05, 4.69) is 37.4 Å². The third-order valence-electron chi connectivity index (χ3n) is 7.95. The van der Waals surface area contributed by atoms with E-state index in [1.165, 1.54) is 25.7 Å². The van der Waals surface area contributed by atoms with Crippen LogP contribution in [0, 0.1) is 5.92 Å². The predicted molar refractivity (Wildman–Crippen MR) is 193 cm³/mol. The molecule has 0 saturated carbocycles. The van der Waals surface area contributed by atoms with Crippen molar-refractivity contribution in [3.8, 4) is 0 Å². The second-order valence-electron chi connectivity index (χ2n) is 12.7. The third kappa shape index (κ3) is 31.8. The lowest BCUT2D eigenvalue weighted by Gasteiger charge is -2.20. The van der Waals surface area contributed by atoms with Crippen LogP contribution in [-0.2, 0) is 32.7 Å². The van der Waals surface area contributed by atoms with Gasteiger partial charge in [-0.1, -0.05) is 128 Å². The van der Waals surface area contributed by atoms with Crippen molar-refractivity contribution in [1.29, 1.82) is 0 Å². The number of unbranched alkanes of at least 4 members (excludes halogenated alkanes) is 9. The van der Waals surface area contributed by atoms with E-state index in [0.717, 1.165) is 63.7 Å². The minimum absolute atomic E-state index is 0.161. The molecule has 0 heterocycles. The van der Waals surface area contributed by atoms with E-state index in [1.807, 2.05) is 18.2 Å². The van der Waals surface area contributed by atoms with Crippen LogP contribution in [0.5, 0.6) is 0 Å². The lowest BCUT2D eigenvalue weighted by atomic mass is 10.00. The van der Waals surface area contributed by atoms with Gasteiger partial charge in [0.1, 0.15) is 12.7 Å². The number of aliphatic hydroxyl groups excluding tert-OH is 3. The van der Waals surface area contributed by atoms with Gasteiger partial charge in [0.2, 0.25) is 0 Å². The number of esters is 2. The van der Waals surface area contributed by atoms with Gasteiger partial charge in [-0.2, -0.15) is 0 Å². The average molecular weight is 719 g/mol. The minimum Gasteiger partial charge on any atom is -0.462 e. The Morgan fingerprint density at radius 1 is 0.735 bits per heavy atom. The summed E-state index contributed by atoms with van der Waals surface area (Å²) < 4.78 is 32.5. The number of phosphoric ester groups is 1. The highest BCUT2D eigenvalue weighted by atomic mass is 31.2. The molecular weight excluding hydrogens is 651 g/mol. The van der Waals surface area contributed by atoms with Crippen molar-refractivity contribution in [3.63, 3.8) is 0 Å². The Morgan fingerprint density at radius 3 is 1.96 bits per heavy atom. The van der Waals surface area contributed by atoms with Crippen LogP contribution >= 0.6 is 7.82 Å². The summed E-state index contributed by atoms with van der Waals surface area (Å²) in [6.07, 6.45) is 24.5. The molecule has 0 aliphatic heterocycles. The fourth-order valence-electron chi connectivity index (χ4n) is 4.68. The van der Waals surface area contributed by atoms with E-state index in [1.54, 1.807) is 6.08 Å². The summed E-state index contributed by atoms with van der Waals surface area (Å²) >= 11 is 0. The molecule has 3 unspecified atom stereocenters. The molecule has 0 radical (unpaired) electrons. The molecule has 0 aliphatic carbocycles. The predicted octanol–water partition coefficient (Wildman–Crippen LogP) is 7.66. The maximum atomic E-state index is 12.5. The van der Waals surface area contributed by atoms with Gasteiger partial charge in [-0.15, -0.1) is 0 Å². The molecule has 5 atom stereocenters. The van der Waals surface area contributed by atoms with Gasteiger partial charge in [0.25, 0.3) is 0 Å². The van der Waals surface area contributed by atoms with Crippen LogP contribution in [0.15, 0.2) is 36.5 Å². The highest BCUT2D eigenvalue weighted by Gasteiger charge is 2.27. The molecule has 0 aromatic heterocycles. The first-order valence-electron chi connectivity index (χ1n) is 18.4. The van der Waals surface area contributed by atoms with Crippen molar-refractivity contribution in [2.75, 3.05) is 26.4 Å². The second kappa shape index (κ2) is 32.1. The van der Waals surface area contributed by atoms with Gasteiger partial charge in [0.05, 0.1) is 25.9 Å². The second-order valence-corrected chi connectivity index (χ2v) is 14.1. The standard InChI is InChI=1S/C37H67O11P/c1-4-6-7-8-9-14-19-24-33(39)25-20-15-12-17-21-26-36(41)45-30-35(31-47-49(43,44)46-29-34(40)28-38)48-37(42)27-22-16-11-10-13-18-23-32(3)5-2/h6-7,9,14,19,24,32-35,38-40H,4-5,8,10-13,15-18,20-23,25-31H2,1-3H3,(H,43,44)/b7-6+,14-9+,24-19+/t32?,33?,34-,35+/m0/s1. The molecule has 49 heavy (non-hydrogen) atoms. The first-order valence-corrected chi connectivity index (χ1v) is 19.9. The van der Waals surface area contributed by atoms with Crippen LogP contribution in [0.25, 0.3) is 0 Å². The fraction of sp³-hybridized carbons (Fsp3) is 0.784. The van der Waals surface area contributed by atoms with Crippen LogP contribution in [0.2, 0.25) is 0 Å². The SMILES string of the molecule is CC/C=C/C/C=C/C=C/C(O)CCCCCCCC(=O)OC[C@H](COP(=O)(O)OC[C@@H](O)CO)OC(=O)CCCCCCCCC(C)CC. The zero-order chi connectivity index (χ0) is 36.6.